The van der Waals surface area contributed by atoms with Gasteiger partial charge < -0.3 is 19.9 Å². The lowest BCUT2D eigenvalue weighted by Gasteiger charge is -2.20. The van der Waals surface area contributed by atoms with E-state index in [-0.39, 0.29) is 35.5 Å². The van der Waals surface area contributed by atoms with Gasteiger partial charge in [0.2, 0.25) is 0 Å². The Morgan fingerprint density at radius 3 is 2.71 bits per heavy atom. The van der Waals surface area contributed by atoms with Crippen LogP contribution in [-0.4, -0.2) is 66.1 Å². The van der Waals surface area contributed by atoms with Crippen LogP contribution >= 0.6 is 0 Å². The number of pyridine rings is 1. The minimum absolute atomic E-state index is 0.0723. The average molecular weight is 333 g/mol. The Morgan fingerprint density at radius 2 is 2.00 bits per heavy atom. The summed E-state index contributed by atoms with van der Waals surface area (Å²) in [5.74, 6) is 0.114. The van der Waals surface area contributed by atoms with Crippen LogP contribution in [0.3, 0.4) is 0 Å². The number of amides is 1. The van der Waals surface area contributed by atoms with Gasteiger partial charge in [0, 0.05) is 37.9 Å². The van der Waals surface area contributed by atoms with Crippen LogP contribution in [0.25, 0.3) is 0 Å². The van der Waals surface area contributed by atoms with Gasteiger partial charge >= 0.3 is 0 Å². The van der Waals surface area contributed by atoms with Crippen molar-refractivity contribution in [1.29, 1.82) is 0 Å². The van der Waals surface area contributed by atoms with Crippen LogP contribution < -0.4 is 5.56 Å². The first-order valence-electron chi connectivity index (χ1n) is 8.79. The molecule has 0 radical (unpaired) electrons. The van der Waals surface area contributed by atoms with E-state index in [1.165, 1.54) is 0 Å². The van der Waals surface area contributed by atoms with Crippen LogP contribution in [0.1, 0.15) is 34.5 Å². The lowest BCUT2D eigenvalue weighted by Crippen LogP contribution is -2.35. The summed E-state index contributed by atoms with van der Waals surface area (Å²) in [7, 11) is 3.99. The number of carbonyl (C=O) groups is 1. The minimum Gasteiger partial charge on any atom is -0.396 e. The summed E-state index contributed by atoms with van der Waals surface area (Å²) >= 11 is 0. The molecule has 1 saturated heterocycles. The van der Waals surface area contributed by atoms with Crippen molar-refractivity contribution in [3.63, 3.8) is 0 Å². The predicted octanol–water partition coefficient (Wildman–Crippen LogP) is 0.496. The summed E-state index contributed by atoms with van der Waals surface area (Å²) in [6.07, 6.45) is 4.01. The van der Waals surface area contributed by atoms with Crippen molar-refractivity contribution in [1.82, 2.24) is 14.8 Å². The number of rotatable bonds is 4. The van der Waals surface area contributed by atoms with Gasteiger partial charge in [-0.1, -0.05) is 0 Å². The number of hydrogen-bond donors (Lipinski definition) is 2. The van der Waals surface area contributed by atoms with Crippen molar-refractivity contribution in [2.45, 2.75) is 25.7 Å². The maximum Gasteiger partial charge on any atom is 0.261 e. The second-order valence-electron chi connectivity index (χ2n) is 7.40. The number of carbonyl (C=O) groups excluding carboxylic acids is 1. The fourth-order valence-electron chi connectivity index (χ4n) is 3.99. The molecule has 0 aromatic carbocycles. The van der Waals surface area contributed by atoms with Gasteiger partial charge in [-0.3, -0.25) is 9.59 Å². The largest absolute Gasteiger partial charge is 0.396 e. The molecule has 132 valence electrons. The molecule has 1 fully saturated rings. The molecule has 1 aromatic heterocycles. The molecule has 0 spiro atoms. The number of nitrogens with one attached hydrogen (secondary N) is 1. The van der Waals surface area contributed by atoms with E-state index in [0.717, 1.165) is 43.5 Å². The highest BCUT2D eigenvalue weighted by molar-refractivity contribution is 5.94. The Bertz CT molecular complexity index is 668. The number of aryl methyl sites for hydroxylation is 2. The van der Waals surface area contributed by atoms with E-state index in [0.29, 0.717) is 13.1 Å². The second-order valence-corrected chi connectivity index (χ2v) is 7.40. The Morgan fingerprint density at radius 1 is 1.29 bits per heavy atom. The van der Waals surface area contributed by atoms with Crippen LogP contribution in [0.15, 0.2) is 10.9 Å². The smallest absolute Gasteiger partial charge is 0.261 e. The zero-order valence-corrected chi connectivity index (χ0v) is 14.5. The minimum atomic E-state index is -0.280. The van der Waals surface area contributed by atoms with Crippen LogP contribution in [-0.2, 0) is 12.8 Å². The summed E-state index contributed by atoms with van der Waals surface area (Å²) in [6, 6.07) is 1.79. The number of aliphatic hydroxyl groups is 1. The third-order valence-electron chi connectivity index (χ3n) is 5.27. The average Bonchev–Trinajstić information content (AvgIpc) is 2.95. The maximum absolute atomic E-state index is 12.9. The van der Waals surface area contributed by atoms with Crippen LogP contribution in [0.5, 0.6) is 0 Å². The Kier molecular flexibility index (Phi) is 5.06. The molecule has 2 atom stereocenters. The summed E-state index contributed by atoms with van der Waals surface area (Å²) in [4.78, 5) is 31.9. The third-order valence-corrected chi connectivity index (χ3v) is 5.27. The zero-order chi connectivity index (χ0) is 17.3. The van der Waals surface area contributed by atoms with Gasteiger partial charge in [-0.2, -0.15) is 0 Å². The number of aliphatic hydroxyl groups excluding tert-OH is 1. The number of aromatic nitrogens is 1. The quantitative estimate of drug-likeness (QED) is 0.841. The van der Waals surface area contributed by atoms with Crippen molar-refractivity contribution in [2.24, 2.45) is 11.8 Å². The third kappa shape index (κ3) is 3.39. The molecule has 1 aliphatic carbocycles. The number of hydrogen-bond acceptors (Lipinski definition) is 4. The van der Waals surface area contributed by atoms with Crippen LogP contribution in [0, 0.1) is 11.8 Å². The van der Waals surface area contributed by atoms with Crippen LogP contribution in [0.2, 0.25) is 0 Å². The molecule has 0 saturated carbocycles. The molecule has 1 aliphatic heterocycles. The van der Waals surface area contributed by atoms with Crippen LogP contribution in [0.4, 0.5) is 0 Å². The first-order valence-corrected chi connectivity index (χ1v) is 8.79. The van der Waals surface area contributed by atoms with E-state index < -0.39 is 0 Å². The molecule has 0 bridgehead atoms. The number of likely N-dealkylation sites (tertiary alicyclic amines) is 1. The summed E-state index contributed by atoms with van der Waals surface area (Å²) in [5, 5.41) is 9.61. The normalized spacial score (nSPS) is 23.6. The number of nitrogens with zero attached hydrogens (tertiary/aromatic N) is 2. The van der Waals surface area contributed by atoms with Gasteiger partial charge in [0.05, 0.1) is 0 Å². The molecular formula is C18H27N3O3. The number of H-pyrrole nitrogens is 1. The molecule has 3 rings (SSSR count). The van der Waals surface area contributed by atoms with Gasteiger partial charge in [-0.25, -0.2) is 0 Å². The SMILES string of the molecule is CN(C)C[C@@H]1CN(C(=O)c2cc3c([nH]c2=O)CCCC3)C[C@@H]1CO. The highest BCUT2D eigenvalue weighted by Crippen LogP contribution is 2.25. The lowest BCUT2D eigenvalue weighted by molar-refractivity contribution is 0.0777. The van der Waals surface area contributed by atoms with Crippen molar-refractivity contribution in [3.8, 4) is 0 Å². The topological polar surface area (TPSA) is 76.6 Å². The van der Waals surface area contributed by atoms with E-state index in [9.17, 15) is 14.7 Å². The number of fused-ring (bicyclic) bond motifs is 1. The second kappa shape index (κ2) is 7.07. The highest BCUT2D eigenvalue weighted by Gasteiger charge is 2.36. The Hall–Kier alpha value is -1.66. The maximum atomic E-state index is 12.9. The molecule has 0 unspecified atom stereocenters. The van der Waals surface area contributed by atoms with Gasteiger partial charge in [0.15, 0.2) is 0 Å². The fraction of sp³-hybridized carbons (Fsp3) is 0.667. The van der Waals surface area contributed by atoms with Gasteiger partial charge in [-0.15, -0.1) is 0 Å². The molecule has 2 N–H and O–H groups in total. The van der Waals surface area contributed by atoms with Crippen molar-refractivity contribution in [3.05, 3.63) is 33.2 Å². The molecule has 2 aliphatic rings. The highest BCUT2D eigenvalue weighted by atomic mass is 16.3. The van der Waals surface area contributed by atoms with Gasteiger partial charge in [-0.05, 0) is 57.3 Å². The molecule has 24 heavy (non-hydrogen) atoms. The Labute approximate surface area is 142 Å². The standard InChI is InChI=1S/C18H27N3O3/c1-20(2)8-13-9-21(10-14(13)11-22)18(24)15-7-12-5-3-4-6-16(12)19-17(15)23/h7,13-14,22H,3-6,8-11H2,1-2H3,(H,19,23)/t13-,14-/m1/s1. The van der Waals surface area contributed by atoms with Crippen molar-refractivity contribution >= 4 is 5.91 Å². The lowest BCUT2D eigenvalue weighted by atomic mass is 9.95. The molecule has 2 heterocycles. The van der Waals surface area contributed by atoms with Crippen molar-refractivity contribution in [2.75, 3.05) is 40.3 Å². The summed E-state index contributed by atoms with van der Waals surface area (Å²) in [5.41, 5.74) is 2.06. The Balaban J connectivity index is 1.81. The first kappa shape index (κ1) is 17.2. The van der Waals surface area contributed by atoms with E-state index in [2.05, 4.69) is 9.88 Å². The first-order chi connectivity index (χ1) is 11.5. The van der Waals surface area contributed by atoms with E-state index in [1.807, 2.05) is 14.1 Å². The van der Waals surface area contributed by atoms with E-state index in [4.69, 9.17) is 0 Å². The van der Waals surface area contributed by atoms with E-state index >= 15 is 0 Å². The summed E-state index contributed by atoms with van der Waals surface area (Å²) < 4.78 is 0. The molecule has 6 nitrogen and oxygen atoms in total. The summed E-state index contributed by atoms with van der Waals surface area (Å²) in [6.45, 7) is 2.02. The van der Waals surface area contributed by atoms with Gasteiger partial charge in [0.1, 0.15) is 5.56 Å². The molecule has 1 amide bonds. The molecular weight excluding hydrogens is 306 g/mol. The van der Waals surface area contributed by atoms with Gasteiger partial charge in [0.25, 0.3) is 11.5 Å². The molecule has 6 heteroatoms. The zero-order valence-electron chi connectivity index (χ0n) is 14.5. The predicted molar refractivity (Wildman–Crippen MR) is 92.2 cm³/mol. The van der Waals surface area contributed by atoms with E-state index in [1.54, 1.807) is 11.0 Å². The van der Waals surface area contributed by atoms with Crippen molar-refractivity contribution < 1.29 is 9.90 Å². The molecule has 1 aromatic rings. The number of aromatic amines is 1. The monoisotopic (exact) mass is 333 g/mol. The fourth-order valence-corrected chi connectivity index (χ4v) is 3.99.